The molecule has 0 radical (unpaired) electrons. The van der Waals surface area contributed by atoms with Crippen LogP contribution in [-0.4, -0.2) is 27.2 Å². The first kappa shape index (κ1) is 11.8. The van der Waals surface area contributed by atoms with Crippen molar-refractivity contribution in [3.8, 4) is 10.8 Å². The van der Waals surface area contributed by atoms with Gasteiger partial charge in [-0.15, -0.1) is 11.3 Å². The molecule has 0 spiro atoms. The van der Waals surface area contributed by atoms with Crippen molar-refractivity contribution in [3.05, 3.63) is 16.9 Å². The minimum absolute atomic E-state index is 0.299. The summed E-state index contributed by atoms with van der Waals surface area (Å²) in [6.07, 6.45) is 3.70. The zero-order valence-corrected chi connectivity index (χ0v) is 11.6. The standard InChI is InChI=1S/C12H17N5S/c1-12(2)4-7(13-3)9-8(5-12)16-11(18-9)10-14-6-15-17-10/h6-7,13H,4-5H2,1-3H3,(H,14,15,17). The number of nitrogens with zero attached hydrogens (tertiary/aromatic N) is 3. The molecular weight excluding hydrogens is 246 g/mol. The lowest BCUT2D eigenvalue weighted by Gasteiger charge is -2.34. The quantitative estimate of drug-likeness (QED) is 0.871. The van der Waals surface area contributed by atoms with E-state index in [0.29, 0.717) is 11.5 Å². The molecule has 3 rings (SSSR count). The molecule has 0 bridgehead atoms. The molecule has 2 aromatic heterocycles. The summed E-state index contributed by atoms with van der Waals surface area (Å²) < 4.78 is 0. The molecule has 0 aliphatic heterocycles. The lowest BCUT2D eigenvalue weighted by Crippen LogP contribution is -2.30. The van der Waals surface area contributed by atoms with Gasteiger partial charge < -0.3 is 5.32 Å². The van der Waals surface area contributed by atoms with E-state index < -0.39 is 0 Å². The summed E-state index contributed by atoms with van der Waals surface area (Å²) in [7, 11) is 2.02. The third-order valence-electron chi connectivity index (χ3n) is 3.41. The Morgan fingerprint density at radius 3 is 3.00 bits per heavy atom. The van der Waals surface area contributed by atoms with Gasteiger partial charge in [-0.25, -0.2) is 9.97 Å². The third kappa shape index (κ3) is 1.95. The predicted octanol–water partition coefficient (Wildman–Crippen LogP) is 2.16. The smallest absolute Gasteiger partial charge is 0.184 e. The second-order valence-corrected chi connectivity index (χ2v) is 6.58. The number of nitrogens with one attached hydrogen (secondary N) is 2. The highest BCUT2D eigenvalue weighted by Gasteiger charge is 2.34. The van der Waals surface area contributed by atoms with Crippen LogP contribution in [0.2, 0.25) is 0 Å². The first-order chi connectivity index (χ1) is 8.59. The van der Waals surface area contributed by atoms with Crippen LogP contribution in [0.25, 0.3) is 10.8 Å². The van der Waals surface area contributed by atoms with Gasteiger partial charge >= 0.3 is 0 Å². The average molecular weight is 263 g/mol. The number of hydrogen-bond acceptors (Lipinski definition) is 5. The lowest BCUT2D eigenvalue weighted by atomic mass is 9.76. The Morgan fingerprint density at radius 1 is 1.50 bits per heavy atom. The molecule has 1 unspecified atom stereocenters. The van der Waals surface area contributed by atoms with Crippen LogP contribution in [0.15, 0.2) is 6.33 Å². The Hall–Kier alpha value is -1.27. The van der Waals surface area contributed by atoms with E-state index in [1.54, 1.807) is 11.3 Å². The molecule has 2 N–H and O–H groups in total. The zero-order chi connectivity index (χ0) is 12.8. The second kappa shape index (κ2) is 4.13. The van der Waals surface area contributed by atoms with Gasteiger partial charge in [0.25, 0.3) is 0 Å². The fourth-order valence-corrected chi connectivity index (χ4v) is 3.71. The highest BCUT2D eigenvalue weighted by Crippen LogP contribution is 2.44. The molecule has 0 amide bonds. The predicted molar refractivity (Wildman–Crippen MR) is 71.4 cm³/mol. The maximum Gasteiger partial charge on any atom is 0.184 e. The maximum atomic E-state index is 4.73. The Morgan fingerprint density at radius 2 is 2.33 bits per heavy atom. The van der Waals surface area contributed by atoms with E-state index in [1.807, 2.05) is 7.05 Å². The number of aromatic amines is 1. The van der Waals surface area contributed by atoms with Crippen LogP contribution in [0.1, 0.15) is 36.9 Å². The first-order valence-electron chi connectivity index (χ1n) is 6.12. The van der Waals surface area contributed by atoms with E-state index in [9.17, 15) is 0 Å². The molecule has 0 saturated heterocycles. The molecule has 6 heteroatoms. The Bertz CT molecular complexity index is 543. The molecule has 0 saturated carbocycles. The number of hydrogen-bond donors (Lipinski definition) is 2. The van der Waals surface area contributed by atoms with E-state index >= 15 is 0 Å². The van der Waals surface area contributed by atoms with Gasteiger partial charge in [-0.2, -0.15) is 5.10 Å². The SMILES string of the molecule is CNC1CC(C)(C)Cc2nc(-c3ncn[nH]3)sc21. The molecule has 1 aliphatic rings. The number of fused-ring (bicyclic) bond motifs is 1. The van der Waals surface area contributed by atoms with Crippen molar-refractivity contribution in [2.75, 3.05) is 7.05 Å². The fraction of sp³-hybridized carbons (Fsp3) is 0.583. The lowest BCUT2D eigenvalue weighted by molar-refractivity contribution is 0.265. The summed E-state index contributed by atoms with van der Waals surface area (Å²) >= 11 is 1.72. The van der Waals surface area contributed by atoms with Crippen LogP contribution in [0.3, 0.4) is 0 Å². The van der Waals surface area contributed by atoms with E-state index in [-0.39, 0.29) is 0 Å². The van der Waals surface area contributed by atoms with Crippen molar-refractivity contribution < 1.29 is 0 Å². The molecule has 1 atom stereocenters. The second-order valence-electron chi connectivity index (χ2n) is 5.55. The number of H-pyrrole nitrogens is 1. The van der Waals surface area contributed by atoms with E-state index in [2.05, 4.69) is 34.3 Å². The molecule has 5 nitrogen and oxygen atoms in total. The Kier molecular flexibility index (Phi) is 2.71. The zero-order valence-electron chi connectivity index (χ0n) is 10.8. The summed E-state index contributed by atoms with van der Waals surface area (Å²) in [4.78, 5) is 10.3. The minimum Gasteiger partial charge on any atom is -0.312 e. The van der Waals surface area contributed by atoms with Gasteiger partial charge in [0.1, 0.15) is 6.33 Å². The van der Waals surface area contributed by atoms with Gasteiger partial charge in [0.05, 0.1) is 5.69 Å². The monoisotopic (exact) mass is 263 g/mol. The maximum absolute atomic E-state index is 4.73. The van der Waals surface area contributed by atoms with E-state index in [0.717, 1.165) is 23.7 Å². The molecule has 0 aromatic carbocycles. The summed E-state index contributed by atoms with van der Waals surface area (Å²) in [6.45, 7) is 4.60. The van der Waals surface area contributed by atoms with Crippen LogP contribution >= 0.6 is 11.3 Å². The minimum atomic E-state index is 0.299. The van der Waals surface area contributed by atoms with Crippen molar-refractivity contribution >= 4 is 11.3 Å². The van der Waals surface area contributed by atoms with Gasteiger partial charge in [0.15, 0.2) is 10.8 Å². The average Bonchev–Trinajstić information content (AvgIpc) is 2.93. The van der Waals surface area contributed by atoms with Gasteiger partial charge in [-0.1, -0.05) is 13.8 Å². The summed E-state index contributed by atoms with van der Waals surface area (Å²) in [6, 6.07) is 0.401. The molecule has 2 aromatic rings. The van der Waals surface area contributed by atoms with Crippen molar-refractivity contribution in [2.45, 2.75) is 32.7 Å². The molecule has 96 valence electrons. The van der Waals surface area contributed by atoms with Crippen LogP contribution in [0.4, 0.5) is 0 Å². The van der Waals surface area contributed by atoms with Crippen molar-refractivity contribution in [3.63, 3.8) is 0 Å². The number of rotatable bonds is 2. The van der Waals surface area contributed by atoms with Gasteiger partial charge in [0.2, 0.25) is 0 Å². The third-order valence-corrected chi connectivity index (χ3v) is 4.63. The van der Waals surface area contributed by atoms with Crippen LogP contribution in [-0.2, 0) is 6.42 Å². The summed E-state index contributed by atoms with van der Waals surface area (Å²) in [5.74, 6) is 0.766. The number of aromatic nitrogens is 4. The van der Waals surface area contributed by atoms with Gasteiger partial charge in [0, 0.05) is 10.9 Å². The van der Waals surface area contributed by atoms with Crippen molar-refractivity contribution in [2.24, 2.45) is 5.41 Å². The summed E-state index contributed by atoms with van der Waals surface area (Å²) in [5.41, 5.74) is 1.51. The Balaban J connectivity index is 2.03. The van der Waals surface area contributed by atoms with Crippen molar-refractivity contribution in [1.82, 2.24) is 25.5 Å². The topological polar surface area (TPSA) is 66.5 Å². The summed E-state index contributed by atoms with van der Waals surface area (Å²) in [5, 5.41) is 11.1. The molecular formula is C12H17N5S. The van der Waals surface area contributed by atoms with Gasteiger partial charge in [-0.3, -0.25) is 5.10 Å². The van der Waals surface area contributed by atoms with Crippen LogP contribution < -0.4 is 5.32 Å². The number of thiazole rings is 1. The molecule has 1 aliphatic carbocycles. The van der Waals surface area contributed by atoms with Gasteiger partial charge in [-0.05, 0) is 25.3 Å². The Labute approximate surface area is 110 Å². The van der Waals surface area contributed by atoms with Crippen LogP contribution in [0, 0.1) is 5.41 Å². The van der Waals surface area contributed by atoms with E-state index in [1.165, 1.54) is 16.9 Å². The normalized spacial score (nSPS) is 21.8. The molecule has 2 heterocycles. The van der Waals surface area contributed by atoms with Crippen LogP contribution in [0.5, 0.6) is 0 Å². The highest BCUT2D eigenvalue weighted by atomic mass is 32.1. The highest BCUT2D eigenvalue weighted by molar-refractivity contribution is 7.15. The van der Waals surface area contributed by atoms with Crippen molar-refractivity contribution in [1.29, 1.82) is 0 Å². The molecule has 0 fully saturated rings. The largest absolute Gasteiger partial charge is 0.312 e. The first-order valence-corrected chi connectivity index (χ1v) is 6.93. The molecule has 18 heavy (non-hydrogen) atoms. The van der Waals surface area contributed by atoms with E-state index in [4.69, 9.17) is 4.98 Å². The fourth-order valence-electron chi connectivity index (χ4n) is 2.58.